The van der Waals surface area contributed by atoms with Crippen LogP contribution in [0.3, 0.4) is 0 Å². The minimum atomic E-state index is 0.239. The van der Waals surface area contributed by atoms with E-state index in [-0.39, 0.29) is 11.9 Å². The number of guanidine groups is 1. The summed E-state index contributed by atoms with van der Waals surface area (Å²) >= 11 is 0. The van der Waals surface area contributed by atoms with Crippen LogP contribution in [0.25, 0.3) is 0 Å². The number of likely N-dealkylation sites (tertiary alicyclic amines) is 1. The molecule has 1 aliphatic heterocycles. The molecule has 0 spiro atoms. The molecular formula is C19H36N4O2. The van der Waals surface area contributed by atoms with Gasteiger partial charge in [0, 0.05) is 32.1 Å². The minimum absolute atomic E-state index is 0.239. The van der Waals surface area contributed by atoms with Crippen LogP contribution in [0.4, 0.5) is 0 Å². The highest BCUT2D eigenvalue weighted by Gasteiger charge is 2.25. The van der Waals surface area contributed by atoms with Gasteiger partial charge in [-0.15, -0.1) is 0 Å². The standard InChI is InChI=1S/C19H36N4O2/c1-3-18(24)23-13-11-16(15-23)22-19(20-4-2)21-12-14-25-17-9-7-5-6-8-10-17/h16-17H,3-15H2,1-2H3,(H2,20,21,22). The molecule has 6 nitrogen and oxygen atoms in total. The van der Waals surface area contributed by atoms with Crippen molar-refractivity contribution in [1.82, 2.24) is 15.5 Å². The maximum absolute atomic E-state index is 11.8. The normalized spacial score (nSPS) is 22.7. The fourth-order valence-electron chi connectivity index (χ4n) is 3.63. The molecule has 0 bridgehead atoms. The highest BCUT2D eigenvalue weighted by molar-refractivity contribution is 5.80. The zero-order valence-corrected chi connectivity index (χ0v) is 16.1. The van der Waals surface area contributed by atoms with Crippen LogP contribution in [-0.2, 0) is 9.53 Å². The van der Waals surface area contributed by atoms with Crippen molar-refractivity contribution in [2.75, 3.05) is 32.8 Å². The van der Waals surface area contributed by atoms with E-state index in [4.69, 9.17) is 4.74 Å². The van der Waals surface area contributed by atoms with Crippen molar-refractivity contribution < 1.29 is 9.53 Å². The van der Waals surface area contributed by atoms with Gasteiger partial charge in [-0.25, -0.2) is 0 Å². The molecule has 1 aliphatic carbocycles. The number of nitrogens with zero attached hydrogens (tertiary/aromatic N) is 2. The van der Waals surface area contributed by atoms with Gasteiger partial charge in [-0.3, -0.25) is 9.79 Å². The van der Waals surface area contributed by atoms with Gasteiger partial charge in [0.25, 0.3) is 0 Å². The van der Waals surface area contributed by atoms with Crippen molar-refractivity contribution in [3.8, 4) is 0 Å². The van der Waals surface area contributed by atoms with Crippen LogP contribution in [-0.4, -0.2) is 61.7 Å². The molecule has 0 aromatic rings. The Hall–Kier alpha value is -1.30. The summed E-state index contributed by atoms with van der Waals surface area (Å²) in [6.07, 6.45) is 9.69. The number of amides is 1. The van der Waals surface area contributed by atoms with Crippen molar-refractivity contribution >= 4 is 11.9 Å². The molecule has 2 fully saturated rings. The molecule has 0 aromatic carbocycles. The number of nitrogens with one attached hydrogen (secondary N) is 2. The zero-order valence-electron chi connectivity index (χ0n) is 16.1. The molecular weight excluding hydrogens is 316 g/mol. The smallest absolute Gasteiger partial charge is 0.222 e. The maximum atomic E-state index is 11.8. The number of aliphatic imine (C=N–C) groups is 1. The van der Waals surface area contributed by atoms with Gasteiger partial charge < -0.3 is 20.3 Å². The van der Waals surface area contributed by atoms with Crippen LogP contribution < -0.4 is 10.6 Å². The predicted octanol–water partition coefficient (Wildman–Crippen LogP) is 2.29. The third-order valence-corrected chi connectivity index (χ3v) is 5.05. The van der Waals surface area contributed by atoms with Crippen LogP contribution >= 0.6 is 0 Å². The number of ether oxygens (including phenoxy) is 1. The Balaban J connectivity index is 1.71. The number of hydrogen-bond acceptors (Lipinski definition) is 3. The van der Waals surface area contributed by atoms with Gasteiger partial charge in [-0.05, 0) is 26.2 Å². The van der Waals surface area contributed by atoms with E-state index in [1.54, 1.807) is 0 Å². The van der Waals surface area contributed by atoms with Crippen LogP contribution in [0.15, 0.2) is 4.99 Å². The largest absolute Gasteiger partial charge is 0.376 e. The Labute approximate surface area is 152 Å². The zero-order chi connectivity index (χ0) is 17.9. The first-order valence-electron chi connectivity index (χ1n) is 10.2. The molecule has 144 valence electrons. The van der Waals surface area contributed by atoms with E-state index in [1.807, 2.05) is 11.8 Å². The summed E-state index contributed by atoms with van der Waals surface area (Å²) in [5.41, 5.74) is 0. The van der Waals surface area contributed by atoms with Gasteiger partial charge in [0.1, 0.15) is 0 Å². The van der Waals surface area contributed by atoms with Gasteiger partial charge in [0.05, 0.1) is 19.3 Å². The number of hydrogen-bond donors (Lipinski definition) is 2. The van der Waals surface area contributed by atoms with Crippen LogP contribution in [0.5, 0.6) is 0 Å². The van der Waals surface area contributed by atoms with E-state index in [0.717, 1.165) is 32.0 Å². The molecule has 1 amide bonds. The molecule has 2 aliphatic rings. The van der Waals surface area contributed by atoms with Crippen molar-refractivity contribution in [2.45, 2.75) is 77.4 Å². The van der Waals surface area contributed by atoms with E-state index in [1.165, 1.54) is 38.5 Å². The van der Waals surface area contributed by atoms with E-state index < -0.39 is 0 Å². The number of carbonyl (C=O) groups is 1. The third-order valence-electron chi connectivity index (χ3n) is 5.05. The SMILES string of the molecule is CCNC(=NCCOC1CCCCCC1)NC1CCN(C(=O)CC)C1. The molecule has 1 unspecified atom stereocenters. The quantitative estimate of drug-likeness (QED) is 0.319. The molecule has 2 N–H and O–H groups in total. The monoisotopic (exact) mass is 352 g/mol. The topological polar surface area (TPSA) is 66.0 Å². The van der Waals surface area contributed by atoms with Crippen molar-refractivity contribution in [2.24, 2.45) is 4.99 Å². The minimum Gasteiger partial charge on any atom is -0.376 e. The van der Waals surface area contributed by atoms with Crippen LogP contribution in [0, 0.1) is 0 Å². The van der Waals surface area contributed by atoms with E-state index in [0.29, 0.717) is 25.7 Å². The summed E-state index contributed by atoms with van der Waals surface area (Å²) in [5.74, 6) is 1.07. The Morgan fingerprint density at radius 1 is 1.16 bits per heavy atom. The lowest BCUT2D eigenvalue weighted by molar-refractivity contribution is -0.129. The lowest BCUT2D eigenvalue weighted by Gasteiger charge is -2.19. The molecule has 25 heavy (non-hydrogen) atoms. The first-order valence-corrected chi connectivity index (χ1v) is 10.2. The third kappa shape index (κ3) is 7.22. The lowest BCUT2D eigenvalue weighted by atomic mass is 10.1. The second-order valence-corrected chi connectivity index (χ2v) is 7.07. The number of rotatable bonds is 7. The average Bonchev–Trinajstić information content (AvgIpc) is 2.93. The molecule has 6 heteroatoms. The predicted molar refractivity (Wildman–Crippen MR) is 102 cm³/mol. The first-order chi connectivity index (χ1) is 12.2. The van der Waals surface area contributed by atoms with Gasteiger partial charge >= 0.3 is 0 Å². The van der Waals surface area contributed by atoms with Crippen molar-refractivity contribution in [3.63, 3.8) is 0 Å². The fourth-order valence-corrected chi connectivity index (χ4v) is 3.63. The maximum Gasteiger partial charge on any atom is 0.222 e. The fraction of sp³-hybridized carbons (Fsp3) is 0.895. The van der Waals surface area contributed by atoms with Crippen molar-refractivity contribution in [1.29, 1.82) is 0 Å². The van der Waals surface area contributed by atoms with Crippen LogP contribution in [0.1, 0.15) is 65.2 Å². The summed E-state index contributed by atoms with van der Waals surface area (Å²) in [6, 6.07) is 0.288. The molecule has 0 radical (unpaired) electrons. The highest BCUT2D eigenvalue weighted by atomic mass is 16.5. The van der Waals surface area contributed by atoms with E-state index in [9.17, 15) is 4.79 Å². The average molecular weight is 353 g/mol. The van der Waals surface area contributed by atoms with Gasteiger partial charge in [-0.1, -0.05) is 32.6 Å². The summed E-state index contributed by atoms with van der Waals surface area (Å²) in [5, 5.41) is 6.76. The Morgan fingerprint density at radius 2 is 1.92 bits per heavy atom. The number of carbonyl (C=O) groups excluding carboxylic acids is 1. The lowest BCUT2D eigenvalue weighted by Crippen LogP contribution is -2.45. The Kier molecular flexibility index (Phi) is 9.08. The summed E-state index contributed by atoms with van der Waals surface area (Å²) in [7, 11) is 0. The Bertz CT molecular complexity index is 420. The molecule has 0 aromatic heterocycles. The Morgan fingerprint density at radius 3 is 2.60 bits per heavy atom. The molecule has 1 saturated heterocycles. The van der Waals surface area contributed by atoms with Crippen molar-refractivity contribution in [3.05, 3.63) is 0 Å². The second kappa shape index (κ2) is 11.3. The molecule has 2 rings (SSSR count). The summed E-state index contributed by atoms with van der Waals surface area (Å²) in [6.45, 7) is 7.80. The molecule has 1 heterocycles. The summed E-state index contributed by atoms with van der Waals surface area (Å²) in [4.78, 5) is 18.4. The van der Waals surface area contributed by atoms with E-state index in [2.05, 4.69) is 22.5 Å². The first kappa shape index (κ1) is 20.0. The van der Waals surface area contributed by atoms with E-state index >= 15 is 0 Å². The van der Waals surface area contributed by atoms with Crippen LogP contribution in [0.2, 0.25) is 0 Å². The second-order valence-electron chi connectivity index (χ2n) is 7.07. The molecule has 1 saturated carbocycles. The van der Waals surface area contributed by atoms with Gasteiger partial charge in [0.2, 0.25) is 5.91 Å². The van der Waals surface area contributed by atoms with Gasteiger partial charge in [-0.2, -0.15) is 0 Å². The molecule has 1 atom stereocenters. The summed E-state index contributed by atoms with van der Waals surface area (Å²) < 4.78 is 6.01. The highest BCUT2D eigenvalue weighted by Crippen LogP contribution is 2.19. The van der Waals surface area contributed by atoms with Gasteiger partial charge in [0.15, 0.2) is 5.96 Å².